The fourth-order valence-electron chi connectivity index (χ4n) is 0.809. The average Bonchev–Trinajstić information content (AvgIpc) is 2.26. The van der Waals surface area contributed by atoms with Crippen molar-refractivity contribution in [1.82, 2.24) is 0 Å². The molecule has 1 rings (SSSR count). The SMILES string of the molecule is N#Cc1ccc(OC/C(Cl)=C\Cl)cc1. The van der Waals surface area contributed by atoms with Gasteiger partial charge >= 0.3 is 0 Å². The first-order valence-corrected chi connectivity index (χ1v) is 4.65. The molecule has 0 aliphatic rings. The quantitative estimate of drug-likeness (QED) is 0.795. The molecule has 0 aliphatic heterocycles. The summed E-state index contributed by atoms with van der Waals surface area (Å²) in [6, 6.07) is 8.78. The van der Waals surface area contributed by atoms with Gasteiger partial charge in [-0.3, -0.25) is 0 Å². The van der Waals surface area contributed by atoms with Crippen molar-refractivity contribution in [1.29, 1.82) is 5.26 Å². The number of halogens is 2. The molecule has 0 saturated heterocycles. The van der Waals surface area contributed by atoms with E-state index in [0.717, 1.165) is 0 Å². The van der Waals surface area contributed by atoms with Crippen LogP contribution < -0.4 is 4.74 Å². The van der Waals surface area contributed by atoms with Crippen LogP contribution in [0.4, 0.5) is 0 Å². The molecular formula is C10H7Cl2NO. The molecule has 0 unspecified atom stereocenters. The summed E-state index contributed by atoms with van der Waals surface area (Å²) in [6.07, 6.45) is 0. The Kier molecular flexibility index (Phi) is 4.31. The molecule has 1 aromatic carbocycles. The molecule has 0 saturated carbocycles. The second-order valence-electron chi connectivity index (χ2n) is 2.48. The van der Waals surface area contributed by atoms with Crippen LogP contribution in [0.5, 0.6) is 5.75 Å². The molecule has 0 aromatic heterocycles. The van der Waals surface area contributed by atoms with E-state index in [0.29, 0.717) is 16.3 Å². The molecule has 0 atom stereocenters. The van der Waals surface area contributed by atoms with Crippen LogP contribution in [0.2, 0.25) is 0 Å². The van der Waals surface area contributed by atoms with Crippen molar-refractivity contribution in [2.45, 2.75) is 0 Å². The van der Waals surface area contributed by atoms with Crippen molar-refractivity contribution < 1.29 is 4.74 Å². The van der Waals surface area contributed by atoms with Gasteiger partial charge in [-0.1, -0.05) is 23.2 Å². The lowest BCUT2D eigenvalue weighted by Gasteiger charge is -2.03. The van der Waals surface area contributed by atoms with Crippen LogP contribution in [0, 0.1) is 11.3 Å². The highest BCUT2D eigenvalue weighted by Gasteiger charge is 1.96. The fourth-order valence-corrected chi connectivity index (χ4v) is 0.927. The minimum atomic E-state index is 0.233. The van der Waals surface area contributed by atoms with E-state index in [1.54, 1.807) is 24.3 Å². The average molecular weight is 228 g/mol. The maximum atomic E-state index is 8.55. The van der Waals surface area contributed by atoms with E-state index in [4.69, 9.17) is 33.2 Å². The molecule has 0 heterocycles. The molecule has 14 heavy (non-hydrogen) atoms. The summed E-state index contributed by atoms with van der Waals surface area (Å²) in [5.74, 6) is 0.653. The van der Waals surface area contributed by atoms with Gasteiger partial charge in [-0.15, -0.1) is 0 Å². The van der Waals surface area contributed by atoms with E-state index in [1.807, 2.05) is 6.07 Å². The smallest absolute Gasteiger partial charge is 0.125 e. The molecule has 0 spiro atoms. The molecule has 1 aromatic rings. The predicted octanol–water partition coefficient (Wildman–Crippen LogP) is 3.26. The Bertz CT molecular complexity index is 365. The minimum absolute atomic E-state index is 0.233. The van der Waals surface area contributed by atoms with Gasteiger partial charge in [0.2, 0.25) is 0 Å². The van der Waals surface area contributed by atoms with Crippen LogP contribution in [0.25, 0.3) is 0 Å². The van der Waals surface area contributed by atoms with Crippen molar-refractivity contribution in [3.63, 3.8) is 0 Å². The number of hydrogen-bond acceptors (Lipinski definition) is 2. The van der Waals surface area contributed by atoms with E-state index in [9.17, 15) is 0 Å². The van der Waals surface area contributed by atoms with Crippen molar-refractivity contribution in [3.8, 4) is 11.8 Å². The molecule has 0 amide bonds. The van der Waals surface area contributed by atoms with E-state index in [1.165, 1.54) is 5.54 Å². The van der Waals surface area contributed by atoms with Crippen molar-refractivity contribution in [2.24, 2.45) is 0 Å². The summed E-state index contributed by atoms with van der Waals surface area (Å²) in [6.45, 7) is 0.233. The molecule has 0 aliphatic carbocycles. The number of rotatable bonds is 3. The number of benzene rings is 1. The molecule has 0 fully saturated rings. The molecular weight excluding hydrogens is 221 g/mol. The first-order chi connectivity index (χ1) is 6.76. The summed E-state index contributed by atoms with van der Waals surface area (Å²) in [4.78, 5) is 0. The molecule has 72 valence electrons. The van der Waals surface area contributed by atoms with Gasteiger partial charge in [-0.25, -0.2) is 0 Å². The van der Waals surface area contributed by atoms with Gasteiger partial charge in [-0.2, -0.15) is 5.26 Å². The van der Waals surface area contributed by atoms with Gasteiger partial charge in [-0.05, 0) is 24.3 Å². The number of hydrogen-bond donors (Lipinski definition) is 0. The van der Waals surface area contributed by atoms with E-state index in [2.05, 4.69) is 0 Å². The first-order valence-electron chi connectivity index (χ1n) is 3.84. The first kappa shape index (κ1) is 10.9. The third-order valence-electron chi connectivity index (χ3n) is 1.48. The molecule has 0 bridgehead atoms. The van der Waals surface area contributed by atoms with Crippen molar-refractivity contribution in [2.75, 3.05) is 6.61 Å². The molecule has 2 nitrogen and oxygen atoms in total. The third kappa shape index (κ3) is 3.29. The van der Waals surface area contributed by atoms with Gasteiger partial charge in [0, 0.05) is 5.54 Å². The van der Waals surface area contributed by atoms with Gasteiger partial charge < -0.3 is 4.74 Å². The zero-order chi connectivity index (χ0) is 10.4. The largest absolute Gasteiger partial charge is 0.488 e. The lowest BCUT2D eigenvalue weighted by atomic mass is 10.2. The Morgan fingerprint density at radius 3 is 2.57 bits per heavy atom. The lowest BCUT2D eigenvalue weighted by Crippen LogP contribution is -1.96. The second kappa shape index (κ2) is 5.54. The molecule has 4 heteroatoms. The van der Waals surface area contributed by atoms with Crippen LogP contribution in [0.1, 0.15) is 5.56 Å². The van der Waals surface area contributed by atoms with E-state index in [-0.39, 0.29) is 6.61 Å². The maximum absolute atomic E-state index is 8.55. The van der Waals surface area contributed by atoms with Crippen LogP contribution in [-0.4, -0.2) is 6.61 Å². The number of ether oxygens (including phenoxy) is 1. The monoisotopic (exact) mass is 227 g/mol. The van der Waals surface area contributed by atoms with Gasteiger partial charge in [0.1, 0.15) is 12.4 Å². The fraction of sp³-hybridized carbons (Fsp3) is 0.100. The van der Waals surface area contributed by atoms with Crippen LogP contribution in [-0.2, 0) is 0 Å². The van der Waals surface area contributed by atoms with Gasteiger partial charge in [0.25, 0.3) is 0 Å². The molecule has 0 radical (unpaired) electrons. The van der Waals surface area contributed by atoms with Crippen LogP contribution in [0.15, 0.2) is 34.8 Å². The number of nitriles is 1. The van der Waals surface area contributed by atoms with E-state index < -0.39 is 0 Å². The van der Waals surface area contributed by atoms with E-state index >= 15 is 0 Å². The Morgan fingerprint density at radius 2 is 2.07 bits per heavy atom. The highest BCUT2D eigenvalue weighted by atomic mass is 35.5. The predicted molar refractivity (Wildman–Crippen MR) is 56.4 cm³/mol. The Labute approximate surface area is 92.3 Å². The van der Waals surface area contributed by atoms with Crippen molar-refractivity contribution >= 4 is 23.2 Å². The van der Waals surface area contributed by atoms with Crippen LogP contribution >= 0.6 is 23.2 Å². The maximum Gasteiger partial charge on any atom is 0.125 e. The standard InChI is InChI=1S/C10H7Cl2NO/c11-5-9(12)7-14-10-3-1-8(6-13)2-4-10/h1-5H,7H2/b9-5+. The minimum Gasteiger partial charge on any atom is -0.488 e. The summed E-state index contributed by atoms with van der Waals surface area (Å²) in [5, 5.41) is 8.97. The van der Waals surface area contributed by atoms with Crippen LogP contribution in [0.3, 0.4) is 0 Å². The molecule has 0 N–H and O–H groups in total. The third-order valence-corrected chi connectivity index (χ3v) is 2.07. The Balaban J connectivity index is 2.57. The van der Waals surface area contributed by atoms with Gasteiger partial charge in [0.05, 0.1) is 16.7 Å². The highest BCUT2D eigenvalue weighted by molar-refractivity contribution is 6.36. The zero-order valence-electron chi connectivity index (χ0n) is 7.21. The Morgan fingerprint density at radius 1 is 1.43 bits per heavy atom. The Hall–Kier alpha value is -1.17. The summed E-state index contributed by atoms with van der Waals surface area (Å²) < 4.78 is 5.26. The summed E-state index contributed by atoms with van der Waals surface area (Å²) in [7, 11) is 0. The van der Waals surface area contributed by atoms with Gasteiger partial charge in [0.15, 0.2) is 0 Å². The normalized spacial score (nSPS) is 10.8. The zero-order valence-corrected chi connectivity index (χ0v) is 8.72. The lowest BCUT2D eigenvalue weighted by molar-refractivity contribution is 0.359. The highest BCUT2D eigenvalue weighted by Crippen LogP contribution is 2.13. The topological polar surface area (TPSA) is 33.0 Å². The number of nitrogens with zero attached hydrogens (tertiary/aromatic N) is 1. The van der Waals surface area contributed by atoms with Crippen molar-refractivity contribution in [3.05, 3.63) is 40.4 Å². The summed E-state index contributed by atoms with van der Waals surface area (Å²) in [5.41, 5.74) is 1.85. The summed E-state index contributed by atoms with van der Waals surface area (Å²) >= 11 is 11.0. The second-order valence-corrected chi connectivity index (χ2v) is 3.18.